The number of tetrazole rings is 1. The Hall–Kier alpha value is -3.80. The van der Waals surface area contributed by atoms with Gasteiger partial charge in [0.25, 0.3) is 0 Å². The summed E-state index contributed by atoms with van der Waals surface area (Å²) in [6.45, 7) is 0. The van der Waals surface area contributed by atoms with E-state index in [-0.39, 0.29) is 11.8 Å². The highest BCUT2D eigenvalue weighted by atomic mass is 16.1. The van der Waals surface area contributed by atoms with E-state index in [0.29, 0.717) is 12.5 Å². The van der Waals surface area contributed by atoms with Crippen molar-refractivity contribution in [2.24, 2.45) is 0 Å². The summed E-state index contributed by atoms with van der Waals surface area (Å²) >= 11 is 0. The summed E-state index contributed by atoms with van der Waals surface area (Å²) < 4.78 is 1.89. The van der Waals surface area contributed by atoms with Crippen LogP contribution in [-0.2, 0) is 4.79 Å². The number of carbonyl (C=O) groups is 1. The van der Waals surface area contributed by atoms with E-state index in [1.165, 1.54) is 0 Å². The summed E-state index contributed by atoms with van der Waals surface area (Å²) in [6.07, 6.45) is 2.61. The van der Waals surface area contributed by atoms with Gasteiger partial charge in [0.1, 0.15) is 0 Å². The molecule has 0 unspecified atom stereocenters. The number of hydrogen-bond donors (Lipinski definition) is 1. The minimum absolute atomic E-state index is 0.00448. The third-order valence-electron chi connectivity index (χ3n) is 5.61. The Morgan fingerprint density at radius 2 is 1.52 bits per heavy atom. The van der Waals surface area contributed by atoms with Gasteiger partial charge in [0.15, 0.2) is 5.82 Å². The molecule has 1 saturated carbocycles. The lowest BCUT2D eigenvalue weighted by molar-refractivity contribution is -0.116. The van der Waals surface area contributed by atoms with Gasteiger partial charge in [-0.25, -0.2) is 4.68 Å². The first-order valence-electron chi connectivity index (χ1n) is 10.6. The smallest absolute Gasteiger partial charge is 0.225 e. The summed E-state index contributed by atoms with van der Waals surface area (Å²) in [7, 11) is 0. The molecule has 1 amide bonds. The molecule has 1 heterocycles. The van der Waals surface area contributed by atoms with Crippen LogP contribution in [0.5, 0.6) is 0 Å². The minimum Gasteiger partial charge on any atom is -0.326 e. The zero-order chi connectivity index (χ0) is 21.0. The van der Waals surface area contributed by atoms with E-state index >= 15 is 0 Å². The van der Waals surface area contributed by atoms with Gasteiger partial charge < -0.3 is 5.32 Å². The van der Waals surface area contributed by atoms with Crippen molar-refractivity contribution < 1.29 is 4.79 Å². The fraction of sp³-hybridized carbons (Fsp3) is 0.200. The number of aromatic nitrogens is 4. The van der Waals surface area contributed by atoms with Crippen LogP contribution in [0.4, 0.5) is 5.69 Å². The van der Waals surface area contributed by atoms with E-state index < -0.39 is 0 Å². The van der Waals surface area contributed by atoms with Gasteiger partial charge in [0, 0.05) is 23.6 Å². The third-order valence-corrected chi connectivity index (χ3v) is 5.61. The molecule has 0 radical (unpaired) electrons. The number of nitrogens with zero attached hydrogens (tertiary/aromatic N) is 4. The van der Waals surface area contributed by atoms with Crippen LogP contribution >= 0.6 is 0 Å². The molecule has 3 aromatic carbocycles. The van der Waals surface area contributed by atoms with Crippen molar-refractivity contribution in [1.29, 1.82) is 0 Å². The summed E-state index contributed by atoms with van der Waals surface area (Å²) in [4.78, 5) is 12.9. The lowest BCUT2D eigenvalue weighted by atomic mass is 9.88. The van der Waals surface area contributed by atoms with Gasteiger partial charge in [-0.05, 0) is 58.7 Å². The lowest BCUT2D eigenvalue weighted by Gasteiger charge is -2.18. The maximum Gasteiger partial charge on any atom is 0.225 e. The van der Waals surface area contributed by atoms with Gasteiger partial charge >= 0.3 is 0 Å². The largest absolute Gasteiger partial charge is 0.326 e. The molecule has 1 aliphatic carbocycles. The van der Waals surface area contributed by atoms with Gasteiger partial charge in [-0.2, -0.15) is 0 Å². The first-order valence-corrected chi connectivity index (χ1v) is 10.6. The Labute approximate surface area is 180 Å². The third kappa shape index (κ3) is 4.38. The van der Waals surface area contributed by atoms with Gasteiger partial charge in [-0.1, -0.05) is 60.7 Å². The molecular weight excluding hydrogens is 386 g/mol. The number of carbonyl (C=O) groups excluding carboxylic acids is 1. The van der Waals surface area contributed by atoms with Crippen molar-refractivity contribution in [2.45, 2.75) is 31.2 Å². The van der Waals surface area contributed by atoms with Crippen molar-refractivity contribution in [2.75, 3.05) is 5.32 Å². The zero-order valence-corrected chi connectivity index (χ0v) is 17.1. The van der Waals surface area contributed by atoms with Crippen LogP contribution in [-0.4, -0.2) is 26.1 Å². The normalized spacial score (nSPS) is 13.3. The molecule has 0 atom stereocenters. The molecular formula is C25H23N5O. The minimum atomic E-state index is -0.0201. The first kappa shape index (κ1) is 19.2. The number of benzene rings is 3. The Morgan fingerprint density at radius 1 is 0.903 bits per heavy atom. The van der Waals surface area contributed by atoms with Crippen LogP contribution in [0.15, 0.2) is 84.9 Å². The molecule has 6 heteroatoms. The van der Waals surface area contributed by atoms with Crippen LogP contribution in [0.2, 0.25) is 0 Å². The van der Waals surface area contributed by atoms with Crippen molar-refractivity contribution in [3.05, 3.63) is 96.1 Å². The Balaban J connectivity index is 1.30. The Kier molecular flexibility index (Phi) is 5.27. The second-order valence-corrected chi connectivity index (χ2v) is 7.88. The Bertz CT molecular complexity index is 1110. The highest BCUT2D eigenvalue weighted by Crippen LogP contribution is 2.36. The number of anilines is 1. The van der Waals surface area contributed by atoms with Crippen molar-refractivity contribution in [1.82, 2.24) is 20.2 Å². The van der Waals surface area contributed by atoms with Crippen LogP contribution in [0, 0.1) is 0 Å². The molecule has 31 heavy (non-hydrogen) atoms. The number of hydrogen-bond acceptors (Lipinski definition) is 4. The molecule has 154 valence electrons. The van der Waals surface area contributed by atoms with Gasteiger partial charge in [-0.3, -0.25) is 4.79 Å². The molecule has 6 nitrogen and oxygen atoms in total. The highest BCUT2D eigenvalue weighted by molar-refractivity contribution is 5.91. The summed E-state index contributed by atoms with van der Waals surface area (Å²) in [5.41, 5.74) is 3.97. The van der Waals surface area contributed by atoms with Gasteiger partial charge in [0.2, 0.25) is 5.91 Å². The molecule has 1 aromatic heterocycles. The second-order valence-electron chi connectivity index (χ2n) is 7.88. The summed E-state index contributed by atoms with van der Waals surface area (Å²) in [6, 6.07) is 28.4. The second kappa shape index (κ2) is 8.52. The average Bonchev–Trinajstić information content (AvgIpc) is 3.55. The molecule has 0 bridgehead atoms. The maximum absolute atomic E-state index is 12.9. The molecule has 1 N–H and O–H groups in total. The molecule has 1 fully saturated rings. The number of rotatable bonds is 7. The number of amides is 1. The monoisotopic (exact) mass is 409 g/mol. The zero-order valence-electron chi connectivity index (χ0n) is 17.1. The molecule has 0 aliphatic heterocycles. The molecule has 0 saturated heterocycles. The average molecular weight is 409 g/mol. The van der Waals surface area contributed by atoms with E-state index in [1.54, 1.807) is 0 Å². The van der Waals surface area contributed by atoms with Crippen LogP contribution in [0.1, 0.15) is 42.3 Å². The van der Waals surface area contributed by atoms with Crippen LogP contribution in [0.25, 0.3) is 11.4 Å². The van der Waals surface area contributed by atoms with Gasteiger partial charge in [0.05, 0.1) is 6.04 Å². The SMILES string of the molecule is O=C(CC(c1ccccc1)c1ccccc1)Nc1ccc(-c2nnnn2C2CC2)cc1. The quantitative estimate of drug-likeness (QED) is 0.474. The fourth-order valence-electron chi connectivity index (χ4n) is 3.85. The molecule has 1 aliphatic rings. The summed E-state index contributed by atoms with van der Waals surface area (Å²) in [5, 5.41) is 15.1. The van der Waals surface area contributed by atoms with E-state index in [0.717, 1.165) is 41.0 Å². The van der Waals surface area contributed by atoms with Crippen LogP contribution < -0.4 is 5.32 Å². The Morgan fingerprint density at radius 3 is 2.10 bits per heavy atom. The van der Waals surface area contributed by atoms with Crippen molar-refractivity contribution in [3.63, 3.8) is 0 Å². The number of nitrogens with one attached hydrogen (secondary N) is 1. The lowest BCUT2D eigenvalue weighted by Crippen LogP contribution is -2.16. The van der Waals surface area contributed by atoms with Crippen LogP contribution in [0.3, 0.4) is 0 Å². The first-order chi connectivity index (χ1) is 15.3. The molecule has 4 aromatic rings. The van der Waals surface area contributed by atoms with E-state index in [2.05, 4.69) is 45.1 Å². The van der Waals surface area contributed by atoms with E-state index in [9.17, 15) is 4.79 Å². The highest BCUT2D eigenvalue weighted by Gasteiger charge is 2.28. The molecule has 5 rings (SSSR count). The van der Waals surface area contributed by atoms with E-state index in [4.69, 9.17) is 0 Å². The van der Waals surface area contributed by atoms with Crippen molar-refractivity contribution >= 4 is 11.6 Å². The van der Waals surface area contributed by atoms with Gasteiger partial charge in [-0.15, -0.1) is 5.10 Å². The topological polar surface area (TPSA) is 72.7 Å². The maximum atomic E-state index is 12.9. The predicted molar refractivity (Wildman–Crippen MR) is 119 cm³/mol. The fourth-order valence-corrected chi connectivity index (χ4v) is 3.85. The summed E-state index contributed by atoms with van der Waals surface area (Å²) in [5.74, 6) is 0.756. The standard InChI is InChI=1S/C25H23N5O/c31-24(17-23(18-7-3-1-4-8-18)19-9-5-2-6-10-19)26-21-13-11-20(12-14-21)25-27-28-29-30(25)22-15-16-22/h1-14,22-23H,15-17H2,(H,26,31). The molecule has 0 spiro atoms. The predicted octanol–water partition coefficient (Wildman–Crippen LogP) is 4.84. The van der Waals surface area contributed by atoms with E-state index in [1.807, 2.05) is 65.3 Å². The van der Waals surface area contributed by atoms with Crippen molar-refractivity contribution in [3.8, 4) is 11.4 Å².